The number of aromatic nitrogens is 1. The molecule has 1 aromatic heterocycles. The van der Waals surface area contributed by atoms with Crippen LogP contribution < -0.4 is 0 Å². The molecule has 0 bridgehead atoms. The van der Waals surface area contributed by atoms with Gasteiger partial charge in [-0.15, -0.1) is 0 Å². The fourth-order valence-electron chi connectivity index (χ4n) is 2.38. The third kappa shape index (κ3) is 3.26. The van der Waals surface area contributed by atoms with Crippen LogP contribution in [0.15, 0.2) is 72.9 Å². The number of halogens is 1. The summed E-state index contributed by atoms with van der Waals surface area (Å²) in [5, 5.41) is 0. The van der Waals surface area contributed by atoms with Gasteiger partial charge in [0.2, 0.25) is 5.78 Å². The number of hydrogen-bond donors (Lipinski definition) is 0. The van der Waals surface area contributed by atoms with Crippen molar-refractivity contribution >= 4 is 11.6 Å². The van der Waals surface area contributed by atoms with Gasteiger partial charge in [-0.05, 0) is 36.4 Å². The van der Waals surface area contributed by atoms with Gasteiger partial charge in [0.15, 0.2) is 5.78 Å². The molecule has 0 aliphatic rings. The van der Waals surface area contributed by atoms with Gasteiger partial charge in [0, 0.05) is 17.3 Å². The van der Waals surface area contributed by atoms with E-state index in [4.69, 9.17) is 0 Å². The number of nitrogens with zero attached hydrogens (tertiary/aromatic N) is 1. The van der Waals surface area contributed by atoms with Crippen molar-refractivity contribution in [3.05, 3.63) is 95.6 Å². The van der Waals surface area contributed by atoms with Crippen LogP contribution in [-0.4, -0.2) is 16.1 Å². The number of carbonyl (C=O) groups excluding carboxylic acids is 2. The summed E-state index contributed by atoms with van der Waals surface area (Å²) in [4.78, 5) is 24.8. The smallest absolute Gasteiger partial charge is 0.209 e. The quantitative estimate of drug-likeness (QED) is 0.674. The van der Waals surface area contributed by atoms with Crippen LogP contribution in [-0.2, 0) is 6.54 Å². The predicted molar refractivity (Wildman–Crippen MR) is 85.0 cm³/mol. The number of benzene rings is 2. The monoisotopic (exact) mass is 307 g/mol. The first-order valence-corrected chi connectivity index (χ1v) is 7.19. The Morgan fingerprint density at radius 2 is 1.52 bits per heavy atom. The molecule has 0 aliphatic carbocycles. The van der Waals surface area contributed by atoms with Gasteiger partial charge in [0.1, 0.15) is 5.82 Å². The highest BCUT2D eigenvalue weighted by Crippen LogP contribution is 2.13. The Labute approximate surface area is 133 Å². The summed E-state index contributed by atoms with van der Waals surface area (Å²) in [6.07, 6.45) is 1.69. The summed E-state index contributed by atoms with van der Waals surface area (Å²) in [7, 11) is 0. The van der Waals surface area contributed by atoms with E-state index in [1.807, 2.05) is 6.07 Å². The highest BCUT2D eigenvalue weighted by Gasteiger charge is 2.15. The molecule has 0 amide bonds. The van der Waals surface area contributed by atoms with Crippen molar-refractivity contribution < 1.29 is 14.0 Å². The van der Waals surface area contributed by atoms with Crippen LogP contribution in [0.4, 0.5) is 4.39 Å². The fraction of sp³-hybridized carbons (Fsp3) is 0.0526. The maximum atomic E-state index is 13.0. The zero-order valence-electron chi connectivity index (χ0n) is 12.3. The first kappa shape index (κ1) is 14.9. The lowest BCUT2D eigenvalue weighted by Gasteiger charge is -2.08. The van der Waals surface area contributed by atoms with E-state index < -0.39 is 5.82 Å². The summed E-state index contributed by atoms with van der Waals surface area (Å²) in [6.45, 7) is 0.0826. The minimum Gasteiger partial charge on any atom is -0.337 e. The molecule has 3 rings (SSSR count). The van der Waals surface area contributed by atoms with Crippen LogP contribution in [0.3, 0.4) is 0 Å². The van der Waals surface area contributed by atoms with Gasteiger partial charge in [-0.2, -0.15) is 0 Å². The third-order valence-corrected chi connectivity index (χ3v) is 3.58. The number of Topliss-reactive ketones (excluding diaryl/α,β-unsaturated/α-hetero) is 1. The van der Waals surface area contributed by atoms with E-state index >= 15 is 0 Å². The van der Waals surface area contributed by atoms with E-state index in [1.165, 1.54) is 24.3 Å². The highest BCUT2D eigenvalue weighted by molar-refractivity contribution is 6.08. The van der Waals surface area contributed by atoms with Gasteiger partial charge in [-0.1, -0.05) is 30.3 Å². The molecule has 0 fully saturated rings. The number of carbonyl (C=O) groups is 2. The summed E-state index contributed by atoms with van der Waals surface area (Å²) in [5.74, 6) is -0.706. The number of rotatable bonds is 5. The molecule has 23 heavy (non-hydrogen) atoms. The van der Waals surface area contributed by atoms with Crippen LogP contribution in [0, 0.1) is 5.82 Å². The fourth-order valence-corrected chi connectivity index (χ4v) is 2.38. The Morgan fingerprint density at radius 3 is 2.22 bits per heavy atom. The topological polar surface area (TPSA) is 39.1 Å². The first-order valence-electron chi connectivity index (χ1n) is 7.19. The van der Waals surface area contributed by atoms with E-state index in [1.54, 1.807) is 47.2 Å². The van der Waals surface area contributed by atoms with Crippen molar-refractivity contribution in [1.82, 2.24) is 4.57 Å². The van der Waals surface area contributed by atoms with Crippen molar-refractivity contribution in [2.24, 2.45) is 0 Å². The van der Waals surface area contributed by atoms with Crippen LogP contribution in [0.2, 0.25) is 0 Å². The van der Waals surface area contributed by atoms with E-state index in [0.717, 1.165) is 0 Å². The average molecular weight is 307 g/mol. The summed E-state index contributed by atoms with van der Waals surface area (Å²) >= 11 is 0. The number of ketones is 2. The molecule has 114 valence electrons. The van der Waals surface area contributed by atoms with Gasteiger partial charge in [-0.3, -0.25) is 9.59 Å². The maximum absolute atomic E-state index is 13.0. The molecule has 0 N–H and O–H groups in total. The van der Waals surface area contributed by atoms with E-state index in [9.17, 15) is 14.0 Å². The summed E-state index contributed by atoms with van der Waals surface area (Å²) < 4.78 is 14.6. The Balaban J connectivity index is 1.83. The zero-order valence-corrected chi connectivity index (χ0v) is 12.3. The van der Waals surface area contributed by atoms with Gasteiger partial charge in [0.05, 0.1) is 12.2 Å². The van der Waals surface area contributed by atoms with Gasteiger partial charge in [0.25, 0.3) is 0 Å². The molecule has 0 unspecified atom stereocenters. The minimum atomic E-state index is -0.392. The molecule has 0 saturated carbocycles. The van der Waals surface area contributed by atoms with Crippen LogP contribution >= 0.6 is 0 Å². The lowest BCUT2D eigenvalue weighted by molar-refractivity contribution is 0.0968. The molecule has 3 nitrogen and oxygen atoms in total. The van der Waals surface area contributed by atoms with Crippen molar-refractivity contribution in [2.45, 2.75) is 6.54 Å². The second-order valence-corrected chi connectivity index (χ2v) is 5.15. The molecule has 1 heterocycles. The largest absolute Gasteiger partial charge is 0.337 e. The lowest BCUT2D eigenvalue weighted by Crippen LogP contribution is -2.15. The molecule has 4 heteroatoms. The Kier molecular flexibility index (Phi) is 4.15. The van der Waals surface area contributed by atoms with E-state index in [2.05, 4.69) is 0 Å². The van der Waals surface area contributed by atoms with Gasteiger partial charge < -0.3 is 4.57 Å². The lowest BCUT2D eigenvalue weighted by atomic mass is 10.1. The normalized spacial score (nSPS) is 10.5. The van der Waals surface area contributed by atoms with E-state index in [0.29, 0.717) is 16.8 Å². The molecule has 2 aromatic carbocycles. The van der Waals surface area contributed by atoms with Gasteiger partial charge >= 0.3 is 0 Å². The van der Waals surface area contributed by atoms with E-state index in [-0.39, 0.29) is 18.1 Å². The van der Waals surface area contributed by atoms with Crippen LogP contribution in [0.25, 0.3) is 0 Å². The summed E-state index contributed by atoms with van der Waals surface area (Å²) in [5.41, 5.74) is 1.39. The van der Waals surface area contributed by atoms with Crippen molar-refractivity contribution in [2.75, 3.05) is 0 Å². The van der Waals surface area contributed by atoms with Crippen molar-refractivity contribution in [1.29, 1.82) is 0 Å². The van der Waals surface area contributed by atoms with Crippen molar-refractivity contribution in [3.63, 3.8) is 0 Å². The SMILES string of the molecule is O=C(Cn1cccc1C(=O)c1ccc(F)cc1)c1ccccc1. The van der Waals surface area contributed by atoms with Crippen LogP contribution in [0.1, 0.15) is 26.4 Å². The molecule has 0 saturated heterocycles. The molecule has 0 atom stereocenters. The van der Waals surface area contributed by atoms with Crippen LogP contribution in [0.5, 0.6) is 0 Å². The predicted octanol–water partition coefficient (Wildman–Crippen LogP) is 3.74. The maximum Gasteiger partial charge on any atom is 0.209 e. The number of hydrogen-bond acceptors (Lipinski definition) is 2. The molecule has 0 radical (unpaired) electrons. The second kappa shape index (κ2) is 6.40. The molecular weight excluding hydrogens is 293 g/mol. The average Bonchev–Trinajstić information content (AvgIpc) is 3.04. The molecular formula is C19H14FNO2. The zero-order chi connectivity index (χ0) is 16.2. The van der Waals surface area contributed by atoms with Gasteiger partial charge in [-0.25, -0.2) is 4.39 Å². The first-order chi connectivity index (χ1) is 11.1. The second-order valence-electron chi connectivity index (χ2n) is 5.15. The Bertz CT molecular complexity index is 835. The summed E-state index contributed by atoms with van der Waals surface area (Å²) in [6, 6.07) is 17.7. The molecule has 3 aromatic rings. The Hall–Kier alpha value is -3.01. The molecule has 0 aliphatic heterocycles. The molecule has 0 spiro atoms. The Morgan fingerprint density at radius 1 is 0.826 bits per heavy atom. The van der Waals surface area contributed by atoms with Crippen molar-refractivity contribution in [3.8, 4) is 0 Å². The highest BCUT2D eigenvalue weighted by atomic mass is 19.1. The third-order valence-electron chi connectivity index (χ3n) is 3.58. The standard InChI is InChI=1S/C19H14FNO2/c20-16-10-8-15(9-11-16)19(23)17-7-4-12-21(17)13-18(22)14-5-2-1-3-6-14/h1-12H,13H2. The minimum absolute atomic E-state index is 0.0741.